The molecule has 0 saturated carbocycles. The number of anilines is 2. The van der Waals surface area contributed by atoms with Crippen molar-refractivity contribution in [1.82, 2.24) is 15.3 Å². The summed E-state index contributed by atoms with van der Waals surface area (Å²) >= 11 is 2.74. The van der Waals surface area contributed by atoms with Gasteiger partial charge in [0.2, 0.25) is 5.91 Å². The smallest absolute Gasteiger partial charge is 0.272 e. The van der Waals surface area contributed by atoms with Gasteiger partial charge >= 0.3 is 0 Å². The van der Waals surface area contributed by atoms with E-state index < -0.39 is 17.1 Å². The van der Waals surface area contributed by atoms with Crippen molar-refractivity contribution in [2.24, 2.45) is 0 Å². The third-order valence-corrected chi connectivity index (χ3v) is 9.11. The van der Waals surface area contributed by atoms with E-state index in [1.807, 2.05) is 91.2 Å². The molecule has 3 amide bonds. The Bertz CT molecular complexity index is 2040. The van der Waals surface area contributed by atoms with Gasteiger partial charge in [-0.05, 0) is 55.0 Å². The molecule has 228 valence electrons. The molecule has 4 N–H and O–H groups in total. The number of aromatic nitrogens is 2. The predicted octanol–water partition coefficient (Wildman–Crippen LogP) is 7.81. The zero-order chi connectivity index (χ0) is 31.9. The Balaban J connectivity index is 1.25. The van der Waals surface area contributed by atoms with Crippen LogP contribution < -0.4 is 16.0 Å². The third-order valence-electron chi connectivity index (χ3n) is 6.99. The molecule has 10 heteroatoms. The van der Waals surface area contributed by atoms with E-state index in [0.29, 0.717) is 16.4 Å². The molecule has 6 aromatic rings. The van der Waals surface area contributed by atoms with Crippen LogP contribution in [0.5, 0.6) is 0 Å². The van der Waals surface area contributed by atoms with Crippen LogP contribution in [0, 0.1) is 6.92 Å². The van der Waals surface area contributed by atoms with Crippen molar-refractivity contribution >= 4 is 68.6 Å². The minimum Gasteiger partial charge on any atom is -0.361 e. The molecule has 0 spiro atoms. The van der Waals surface area contributed by atoms with Crippen molar-refractivity contribution in [3.8, 4) is 0 Å². The summed E-state index contributed by atoms with van der Waals surface area (Å²) in [7, 11) is 0. The lowest BCUT2D eigenvalue weighted by Crippen LogP contribution is -2.30. The monoisotopic (exact) mass is 643 g/mol. The van der Waals surface area contributed by atoms with Crippen molar-refractivity contribution in [2.75, 3.05) is 10.6 Å². The fourth-order valence-corrected chi connectivity index (χ4v) is 6.55. The zero-order valence-electron chi connectivity index (χ0n) is 24.7. The van der Waals surface area contributed by atoms with Crippen molar-refractivity contribution in [2.45, 2.75) is 17.1 Å². The van der Waals surface area contributed by atoms with Crippen LogP contribution in [-0.4, -0.2) is 27.7 Å². The molecule has 46 heavy (non-hydrogen) atoms. The summed E-state index contributed by atoms with van der Waals surface area (Å²) in [6, 6.07) is 33.2. The Morgan fingerprint density at radius 1 is 0.870 bits per heavy atom. The summed E-state index contributed by atoms with van der Waals surface area (Å²) in [6.07, 6.45) is 3.45. The fourth-order valence-electron chi connectivity index (χ4n) is 4.78. The number of nitrogens with zero attached hydrogens (tertiary/aromatic N) is 1. The van der Waals surface area contributed by atoms with Gasteiger partial charge in [-0.1, -0.05) is 72.8 Å². The van der Waals surface area contributed by atoms with Crippen molar-refractivity contribution in [1.29, 1.82) is 0 Å². The molecule has 6 rings (SSSR count). The molecular formula is C36H29N5O3S2. The Labute approximate surface area is 274 Å². The molecule has 4 aromatic carbocycles. The second kappa shape index (κ2) is 14.1. The van der Waals surface area contributed by atoms with E-state index in [1.165, 1.54) is 23.1 Å². The largest absolute Gasteiger partial charge is 0.361 e. The number of fused-ring (bicyclic) bond motifs is 1. The number of aromatic amines is 1. The van der Waals surface area contributed by atoms with Gasteiger partial charge in [0.1, 0.15) is 10.9 Å². The number of amides is 3. The van der Waals surface area contributed by atoms with Gasteiger partial charge in [-0.3, -0.25) is 14.4 Å². The Morgan fingerprint density at radius 3 is 2.37 bits per heavy atom. The van der Waals surface area contributed by atoms with E-state index >= 15 is 0 Å². The quantitative estimate of drug-likeness (QED) is 0.0898. The number of hydrogen-bond donors (Lipinski definition) is 4. The van der Waals surface area contributed by atoms with Crippen molar-refractivity contribution in [3.63, 3.8) is 0 Å². The van der Waals surface area contributed by atoms with Gasteiger partial charge in [0.05, 0.1) is 5.69 Å². The number of hydrogen-bond acceptors (Lipinski definition) is 6. The van der Waals surface area contributed by atoms with Crippen molar-refractivity contribution < 1.29 is 14.4 Å². The van der Waals surface area contributed by atoms with Crippen LogP contribution in [0.25, 0.3) is 17.0 Å². The number of aryl methyl sites for hydroxylation is 1. The molecule has 2 aromatic heterocycles. The molecule has 2 heterocycles. The predicted molar refractivity (Wildman–Crippen MR) is 186 cm³/mol. The minimum absolute atomic E-state index is 0.0805. The van der Waals surface area contributed by atoms with Gasteiger partial charge in [0.25, 0.3) is 11.8 Å². The molecule has 0 aliphatic heterocycles. The van der Waals surface area contributed by atoms with Gasteiger partial charge in [0, 0.05) is 44.2 Å². The highest BCUT2D eigenvalue weighted by Crippen LogP contribution is 2.37. The Hall–Kier alpha value is -5.45. The molecule has 1 atom stereocenters. The van der Waals surface area contributed by atoms with Gasteiger partial charge in [-0.2, -0.15) is 0 Å². The van der Waals surface area contributed by atoms with Gasteiger partial charge < -0.3 is 20.9 Å². The number of thioether (sulfide) groups is 1. The number of benzene rings is 4. The molecular weight excluding hydrogens is 615 g/mol. The lowest BCUT2D eigenvalue weighted by Gasteiger charge is -2.17. The number of nitrogens with one attached hydrogen (secondary N) is 4. The highest BCUT2D eigenvalue weighted by Gasteiger charge is 2.24. The molecule has 0 saturated heterocycles. The number of carbonyl (C=O) groups excluding carboxylic acids is 3. The lowest BCUT2D eigenvalue weighted by molar-refractivity contribution is -0.116. The van der Waals surface area contributed by atoms with Crippen molar-refractivity contribution in [3.05, 3.63) is 149 Å². The highest BCUT2D eigenvalue weighted by atomic mass is 32.2. The number of thiazole rings is 1. The van der Waals surface area contributed by atoms with Crippen LogP contribution in [0.3, 0.4) is 0 Å². The van der Waals surface area contributed by atoms with Gasteiger partial charge in [-0.15, -0.1) is 23.1 Å². The molecule has 0 bridgehead atoms. The summed E-state index contributed by atoms with van der Waals surface area (Å²) in [5.74, 6) is -1.10. The SMILES string of the molecule is Cc1csc(NC(=O)C(Sc2cccc(NC(=O)/C(=C/c3c[nH]c4ccccc34)NC(=O)c3ccccc3)c2)c2ccccc2)n1. The molecule has 0 radical (unpaired) electrons. The summed E-state index contributed by atoms with van der Waals surface area (Å²) in [5, 5.41) is 11.4. The number of H-pyrrole nitrogens is 1. The third kappa shape index (κ3) is 7.43. The summed E-state index contributed by atoms with van der Waals surface area (Å²) < 4.78 is 0. The van der Waals surface area contributed by atoms with Crippen LogP contribution in [0.1, 0.15) is 32.4 Å². The first kappa shape index (κ1) is 30.6. The molecule has 8 nitrogen and oxygen atoms in total. The fraction of sp³-hybridized carbons (Fsp3) is 0.0556. The Kier molecular flexibility index (Phi) is 9.37. The first-order valence-corrected chi connectivity index (χ1v) is 16.2. The maximum absolute atomic E-state index is 13.7. The topological polar surface area (TPSA) is 116 Å². The standard InChI is InChI=1S/C36H29N5O3S2/c1-23-22-45-36(38-23)41-35(44)32(24-11-4-2-5-12-24)46-28-16-10-15-27(20-28)39-34(43)31(40-33(42)25-13-6-3-7-14-25)19-26-21-37-30-18-9-8-17-29(26)30/h2-22,32,37H,1H3,(H,39,43)(H,40,42)(H,38,41,44)/b31-19-. The van der Waals surface area contributed by atoms with E-state index in [2.05, 4.69) is 25.9 Å². The average Bonchev–Trinajstić information content (AvgIpc) is 3.69. The Morgan fingerprint density at radius 2 is 1.61 bits per heavy atom. The average molecular weight is 644 g/mol. The molecule has 0 aliphatic carbocycles. The normalized spacial score (nSPS) is 12.0. The first-order valence-electron chi connectivity index (χ1n) is 14.4. The second-order valence-corrected chi connectivity index (χ2v) is 12.4. The highest BCUT2D eigenvalue weighted by molar-refractivity contribution is 8.00. The maximum atomic E-state index is 13.7. The first-order chi connectivity index (χ1) is 22.4. The van der Waals surface area contributed by atoms with E-state index in [9.17, 15) is 14.4 Å². The van der Waals surface area contributed by atoms with Crippen LogP contribution in [0.4, 0.5) is 10.8 Å². The van der Waals surface area contributed by atoms with Gasteiger partial charge in [-0.25, -0.2) is 4.98 Å². The van der Waals surface area contributed by atoms with E-state index in [0.717, 1.165) is 32.6 Å². The number of para-hydroxylation sites is 1. The van der Waals surface area contributed by atoms with Crippen LogP contribution in [-0.2, 0) is 9.59 Å². The summed E-state index contributed by atoms with van der Waals surface area (Å²) in [6.45, 7) is 1.88. The van der Waals surface area contributed by atoms with E-state index in [1.54, 1.807) is 42.6 Å². The number of rotatable bonds is 10. The molecule has 1 unspecified atom stereocenters. The minimum atomic E-state index is -0.571. The lowest BCUT2D eigenvalue weighted by atomic mass is 10.1. The summed E-state index contributed by atoms with van der Waals surface area (Å²) in [5.41, 5.74) is 4.36. The van der Waals surface area contributed by atoms with Gasteiger partial charge in [0.15, 0.2) is 5.13 Å². The van der Waals surface area contributed by atoms with Crippen LogP contribution in [0.15, 0.2) is 131 Å². The van der Waals surface area contributed by atoms with E-state index in [-0.39, 0.29) is 11.6 Å². The second-order valence-electron chi connectivity index (χ2n) is 10.3. The maximum Gasteiger partial charge on any atom is 0.272 e. The molecule has 0 fully saturated rings. The molecule has 0 aliphatic rings. The van der Waals surface area contributed by atoms with E-state index in [4.69, 9.17) is 0 Å². The van der Waals surface area contributed by atoms with Crippen LogP contribution in [0.2, 0.25) is 0 Å². The van der Waals surface area contributed by atoms with Crippen LogP contribution >= 0.6 is 23.1 Å². The zero-order valence-corrected chi connectivity index (χ0v) is 26.3. The number of carbonyl (C=O) groups is 3. The summed E-state index contributed by atoms with van der Waals surface area (Å²) in [4.78, 5) is 48.7.